The first-order valence-electron chi connectivity index (χ1n) is 3.58. The van der Waals surface area contributed by atoms with Crippen LogP contribution in [0.3, 0.4) is 0 Å². The van der Waals surface area contributed by atoms with Gasteiger partial charge in [-0.1, -0.05) is 12.8 Å². The highest BCUT2D eigenvalue weighted by Crippen LogP contribution is 1.87. The summed E-state index contributed by atoms with van der Waals surface area (Å²) in [6.45, 7) is 3.45. The zero-order valence-corrected chi connectivity index (χ0v) is 6.85. The second-order valence-corrected chi connectivity index (χ2v) is 2.14. The Labute approximate surface area is 66.8 Å². The summed E-state index contributed by atoms with van der Waals surface area (Å²) in [4.78, 5) is 10.8. The zero-order chi connectivity index (χ0) is 8.69. The van der Waals surface area contributed by atoms with Crippen molar-refractivity contribution < 1.29 is 9.90 Å². The van der Waals surface area contributed by atoms with Gasteiger partial charge in [0.2, 0.25) is 0 Å². The van der Waals surface area contributed by atoms with E-state index in [1.807, 2.05) is 6.92 Å². The van der Waals surface area contributed by atoms with Gasteiger partial charge in [-0.3, -0.25) is 4.79 Å². The number of rotatable bonds is 3. The molecule has 0 aliphatic heterocycles. The van der Waals surface area contributed by atoms with Gasteiger partial charge < -0.3 is 10.4 Å². The van der Waals surface area contributed by atoms with Crippen LogP contribution in [0, 0.1) is 11.8 Å². The minimum Gasteiger partial charge on any atom is -0.394 e. The molecule has 0 rings (SSSR count). The van der Waals surface area contributed by atoms with Crippen LogP contribution < -0.4 is 5.32 Å². The van der Waals surface area contributed by atoms with Gasteiger partial charge in [0.05, 0.1) is 12.6 Å². The molecule has 0 aromatic heterocycles. The average molecular weight is 155 g/mol. The van der Waals surface area contributed by atoms with Gasteiger partial charge in [0.25, 0.3) is 5.91 Å². The van der Waals surface area contributed by atoms with E-state index in [-0.39, 0.29) is 18.6 Å². The monoisotopic (exact) mass is 155 g/mol. The predicted molar refractivity (Wildman–Crippen MR) is 42.8 cm³/mol. The molecule has 0 heterocycles. The van der Waals surface area contributed by atoms with E-state index < -0.39 is 0 Å². The van der Waals surface area contributed by atoms with E-state index in [2.05, 4.69) is 17.2 Å². The molecule has 0 saturated carbocycles. The topological polar surface area (TPSA) is 49.3 Å². The number of aliphatic hydroxyl groups is 1. The Morgan fingerprint density at radius 1 is 1.73 bits per heavy atom. The van der Waals surface area contributed by atoms with Crippen molar-refractivity contribution in [1.29, 1.82) is 0 Å². The number of aliphatic hydroxyl groups excluding tert-OH is 1. The van der Waals surface area contributed by atoms with Crippen LogP contribution in [0.2, 0.25) is 0 Å². The first kappa shape index (κ1) is 9.99. The van der Waals surface area contributed by atoms with Crippen molar-refractivity contribution in [1.82, 2.24) is 5.32 Å². The van der Waals surface area contributed by atoms with Gasteiger partial charge in [-0.2, -0.15) is 0 Å². The molecule has 1 amide bonds. The van der Waals surface area contributed by atoms with Gasteiger partial charge in [0, 0.05) is 0 Å². The summed E-state index contributed by atoms with van der Waals surface area (Å²) in [5.41, 5.74) is 0. The van der Waals surface area contributed by atoms with Crippen molar-refractivity contribution in [3.8, 4) is 11.8 Å². The highest BCUT2D eigenvalue weighted by Gasteiger charge is 2.05. The van der Waals surface area contributed by atoms with Crippen molar-refractivity contribution in [2.75, 3.05) is 6.61 Å². The van der Waals surface area contributed by atoms with Crippen LogP contribution >= 0.6 is 0 Å². The molecule has 11 heavy (non-hydrogen) atoms. The normalized spacial score (nSPS) is 11.2. The maximum Gasteiger partial charge on any atom is 0.296 e. The van der Waals surface area contributed by atoms with Crippen molar-refractivity contribution in [2.45, 2.75) is 26.3 Å². The minimum absolute atomic E-state index is 0.0341. The number of hydrogen-bond donors (Lipinski definition) is 2. The third-order valence-corrected chi connectivity index (χ3v) is 1.29. The van der Waals surface area contributed by atoms with E-state index in [0.29, 0.717) is 6.42 Å². The Kier molecular flexibility index (Phi) is 5.22. The molecule has 0 aliphatic rings. The van der Waals surface area contributed by atoms with Crippen LogP contribution in [-0.2, 0) is 4.79 Å². The lowest BCUT2D eigenvalue weighted by Crippen LogP contribution is -2.36. The van der Waals surface area contributed by atoms with Gasteiger partial charge in [-0.25, -0.2) is 0 Å². The Bertz CT molecular complexity index is 174. The van der Waals surface area contributed by atoms with Crippen molar-refractivity contribution in [2.24, 2.45) is 0 Å². The summed E-state index contributed by atoms with van der Waals surface area (Å²) >= 11 is 0. The van der Waals surface area contributed by atoms with Crippen LogP contribution in [0.25, 0.3) is 0 Å². The van der Waals surface area contributed by atoms with Gasteiger partial charge in [0.1, 0.15) is 0 Å². The summed E-state index contributed by atoms with van der Waals surface area (Å²) < 4.78 is 0. The standard InChI is InChI=1S/C8H13NO2/c1-3-5-8(11)9-7(4-2)6-10/h7,10H,4,6H2,1-2H3,(H,9,11)/t7-/m1/s1. The van der Waals surface area contributed by atoms with E-state index in [9.17, 15) is 4.79 Å². The summed E-state index contributed by atoms with van der Waals surface area (Å²) in [6, 6.07) is -0.164. The first-order chi connectivity index (χ1) is 5.24. The number of amides is 1. The fourth-order valence-corrected chi connectivity index (χ4v) is 0.612. The average Bonchev–Trinajstić information content (AvgIpc) is 2.01. The fraction of sp³-hybridized carbons (Fsp3) is 0.625. The van der Waals surface area contributed by atoms with E-state index in [4.69, 9.17) is 5.11 Å². The highest BCUT2D eigenvalue weighted by molar-refractivity contribution is 5.93. The molecule has 3 heteroatoms. The second-order valence-electron chi connectivity index (χ2n) is 2.14. The molecule has 0 fully saturated rings. The third kappa shape index (κ3) is 4.40. The molecule has 2 N–H and O–H groups in total. The van der Waals surface area contributed by atoms with Crippen molar-refractivity contribution in [3.05, 3.63) is 0 Å². The van der Waals surface area contributed by atoms with Crippen molar-refractivity contribution in [3.63, 3.8) is 0 Å². The summed E-state index contributed by atoms with van der Waals surface area (Å²) in [6.07, 6.45) is 0.716. The number of carbonyl (C=O) groups is 1. The SMILES string of the molecule is CC#CC(=O)N[C@H](CC)CO. The molecule has 62 valence electrons. The molecule has 3 nitrogen and oxygen atoms in total. The maximum atomic E-state index is 10.8. The van der Waals surface area contributed by atoms with Gasteiger partial charge in [0.15, 0.2) is 0 Å². The Balaban J connectivity index is 3.78. The summed E-state index contributed by atoms with van der Waals surface area (Å²) in [5, 5.41) is 11.2. The van der Waals surface area contributed by atoms with Gasteiger partial charge in [-0.05, 0) is 19.3 Å². The highest BCUT2D eigenvalue weighted by atomic mass is 16.3. The molecule has 0 unspecified atom stereocenters. The predicted octanol–water partition coefficient (Wildman–Crippen LogP) is -0.103. The zero-order valence-electron chi connectivity index (χ0n) is 6.85. The molecule has 0 aromatic carbocycles. The van der Waals surface area contributed by atoms with Gasteiger partial charge >= 0.3 is 0 Å². The van der Waals surface area contributed by atoms with E-state index in [0.717, 1.165) is 0 Å². The molecule has 0 aromatic rings. The molecular weight excluding hydrogens is 142 g/mol. The maximum absolute atomic E-state index is 10.8. The van der Waals surface area contributed by atoms with E-state index in [1.165, 1.54) is 0 Å². The molecular formula is C8H13NO2. The lowest BCUT2D eigenvalue weighted by molar-refractivity contribution is -0.116. The molecule has 0 radical (unpaired) electrons. The van der Waals surface area contributed by atoms with E-state index in [1.54, 1.807) is 6.92 Å². The molecule has 1 atom stereocenters. The van der Waals surface area contributed by atoms with Gasteiger partial charge in [-0.15, -0.1) is 0 Å². The lowest BCUT2D eigenvalue weighted by atomic mass is 10.2. The molecule has 0 saturated heterocycles. The molecule has 0 bridgehead atoms. The number of hydrogen-bond acceptors (Lipinski definition) is 2. The van der Waals surface area contributed by atoms with Crippen LogP contribution in [0.5, 0.6) is 0 Å². The smallest absolute Gasteiger partial charge is 0.296 e. The number of nitrogens with one attached hydrogen (secondary N) is 1. The quantitative estimate of drug-likeness (QED) is 0.559. The Morgan fingerprint density at radius 3 is 2.73 bits per heavy atom. The fourth-order valence-electron chi connectivity index (χ4n) is 0.612. The largest absolute Gasteiger partial charge is 0.394 e. The Hall–Kier alpha value is -1.01. The van der Waals surface area contributed by atoms with Crippen LogP contribution in [-0.4, -0.2) is 23.7 Å². The third-order valence-electron chi connectivity index (χ3n) is 1.29. The molecule has 0 spiro atoms. The Morgan fingerprint density at radius 2 is 2.36 bits per heavy atom. The second kappa shape index (κ2) is 5.75. The first-order valence-corrected chi connectivity index (χ1v) is 3.58. The van der Waals surface area contributed by atoms with Crippen LogP contribution in [0.4, 0.5) is 0 Å². The van der Waals surface area contributed by atoms with Crippen molar-refractivity contribution >= 4 is 5.91 Å². The molecule has 0 aliphatic carbocycles. The summed E-state index contributed by atoms with van der Waals surface area (Å²) in [7, 11) is 0. The van der Waals surface area contributed by atoms with Crippen LogP contribution in [0.1, 0.15) is 20.3 Å². The van der Waals surface area contributed by atoms with E-state index >= 15 is 0 Å². The van der Waals surface area contributed by atoms with Crippen LogP contribution in [0.15, 0.2) is 0 Å². The summed E-state index contributed by atoms with van der Waals surface area (Å²) in [5.74, 6) is 4.49. The number of carbonyl (C=O) groups excluding carboxylic acids is 1. The minimum atomic E-state index is -0.326. The lowest BCUT2D eigenvalue weighted by Gasteiger charge is -2.10.